The number of anilines is 1. The largest absolute Gasteiger partial charge is 0.364 e. The third-order valence-corrected chi connectivity index (χ3v) is 2.66. The topological polar surface area (TPSA) is 48.7 Å². The number of pyridine rings is 1. The van der Waals surface area contributed by atoms with Crippen molar-refractivity contribution in [2.75, 3.05) is 11.9 Å². The molecule has 0 aliphatic carbocycles. The highest BCUT2D eigenvalue weighted by Crippen LogP contribution is 2.24. The van der Waals surface area contributed by atoms with E-state index in [1.54, 1.807) is 24.3 Å². The van der Waals surface area contributed by atoms with Crippen molar-refractivity contribution in [1.29, 1.82) is 5.26 Å². The molecule has 0 atom stereocenters. The number of hydrogen-bond acceptors (Lipinski definition) is 3. The zero-order valence-corrected chi connectivity index (χ0v) is 10.1. The van der Waals surface area contributed by atoms with E-state index >= 15 is 0 Å². The first kappa shape index (κ1) is 14.1. The molecular weight excluding hydrogens is 274 g/mol. The van der Waals surface area contributed by atoms with Gasteiger partial charge in [-0.05, 0) is 12.1 Å². The van der Waals surface area contributed by atoms with Crippen LogP contribution in [-0.2, 0) is 0 Å². The van der Waals surface area contributed by atoms with E-state index < -0.39 is 18.9 Å². The summed E-state index contributed by atoms with van der Waals surface area (Å²) in [6.45, 7) is -1.25. The molecule has 0 fully saturated rings. The van der Waals surface area contributed by atoms with Gasteiger partial charge in [-0.3, -0.25) is 0 Å². The predicted octanol–water partition coefficient (Wildman–Crippen LogP) is 3.42. The fourth-order valence-corrected chi connectivity index (χ4v) is 1.64. The van der Waals surface area contributed by atoms with Gasteiger partial charge >= 0.3 is 12.3 Å². The molecule has 104 valence electrons. The van der Waals surface area contributed by atoms with Gasteiger partial charge in [-0.1, -0.05) is 18.2 Å². The van der Waals surface area contributed by atoms with E-state index in [0.717, 1.165) is 0 Å². The fourth-order valence-electron chi connectivity index (χ4n) is 1.64. The number of halogens is 4. The molecule has 0 saturated carbocycles. The normalized spacial score (nSPS) is 11.6. The Morgan fingerprint density at radius 3 is 2.65 bits per heavy atom. The molecule has 0 aliphatic heterocycles. The maximum absolute atomic E-state index is 12.8. The Morgan fingerprint density at radius 1 is 1.30 bits per heavy atom. The summed E-state index contributed by atoms with van der Waals surface area (Å²) in [5.41, 5.74) is 0.660. The van der Waals surface area contributed by atoms with Crippen molar-refractivity contribution in [3.63, 3.8) is 0 Å². The molecule has 2 rings (SSSR count). The van der Waals surface area contributed by atoms with Gasteiger partial charge in [-0.2, -0.15) is 14.0 Å². The lowest BCUT2D eigenvalue weighted by Crippen LogP contribution is -2.35. The van der Waals surface area contributed by atoms with Crippen LogP contribution in [0.1, 0.15) is 5.56 Å². The van der Waals surface area contributed by atoms with Crippen LogP contribution >= 0.6 is 0 Å². The Labute approximate surface area is 111 Å². The number of fused-ring (bicyclic) bond motifs is 1. The highest BCUT2D eigenvalue weighted by molar-refractivity contribution is 5.86. The molecule has 2 aromatic rings. The van der Waals surface area contributed by atoms with Crippen LogP contribution in [-0.4, -0.2) is 23.9 Å². The minimum atomic E-state index is -4.15. The molecule has 7 heteroatoms. The van der Waals surface area contributed by atoms with E-state index in [1.807, 2.05) is 6.07 Å². The molecule has 0 radical (unpaired) electrons. The second-order valence-corrected chi connectivity index (χ2v) is 4.10. The van der Waals surface area contributed by atoms with Gasteiger partial charge in [0.2, 0.25) is 0 Å². The molecule has 1 heterocycles. The van der Waals surface area contributed by atoms with Gasteiger partial charge in [0, 0.05) is 5.39 Å². The third-order valence-electron chi connectivity index (χ3n) is 2.66. The van der Waals surface area contributed by atoms with Gasteiger partial charge in [0.25, 0.3) is 0 Å². The Hall–Kier alpha value is -2.36. The maximum atomic E-state index is 12.8. The van der Waals surface area contributed by atoms with Crippen molar-refractivity contribution in [3.05, 3.63) is 35.9 Å². The summed E-state index contributed by atoms with van der Waals surface area (Å²) in [5.74, 6) is -4.19. The fraction of sp³-hybridized carbons (Fsp3) is 0.231. The number of hydrogen-bond donors (Lipinski definition) is 1. The zero-order chi connectivity index (χ0) is 14.8. The average molecular weight is 283 g/mol. The highest BCUT2D eigenvalue weighted by Gasteiger charge is 2.40. The van der Waals surface area contributed by atoms with Crippen LogP contribution in [0.5, 0.6) is 0 Å². The lowest BCUT2D eigenvalue weighted by Gasteiger charge is -2.16. The van der Waals surface area contributed by atoms with Crippen LogP contribution in [0, 0.1) is 11.3 Å². The molecule has 0 aliphatic rings. The van der Waals surface area contributed by atoms with Crippen molar-refractivity contribution >= 4 is 16.7 Å². The Kier molecular flexibility index (Phi) is 3.74. The molecule has 0 bridgehead atoms. The molecule has 1 aromatic heterocycles. The van der Waals surface area contributed by atoms with Crippen LogP contribution in [0.3, 0.4) is 0 Å². The molecule has 1 N–H and O–H groups in total. The molecular formula is C13H9F4N3. The first-order chi connectivity index (χ1) is 9.44. The summed E-state index contributed by atoms with van der Waals surface area (Å²) in [6.07, 6.45) is -3.76. The smallest absolute Gasteiger partial charge is 0.324 e. The number of nitriles is 1. The summed E-state index contributed by atoms with van der Waals surface area (Å²) in [7, 11) is 0. The summed E-state index contributed by atoms with van der Waals surface area (Å²) in [5, 5.41) is 11.7. The van der Waals surface area contributed by atoms with Gasteiger partial charge in [-0.25, -0.2) is 13.8 Å². The predicted molar refractivity (Wildman–Crippen MR) is 65.9 cm³/mol. The van der Waals surface area contributed by atoms with E-state index in [-0.39, 0.29) is 11.4 Å². The van der Waals surface area contributed by atoms with Gasteiger partial charge in [0.05, 0.1) is 23.7 Å². The number of alkyl halides is 4. The Balaban J connectivity index is 2.30. The molecule has 20 heavy (non-hydrogen) atoms. The number of nitrogens with zero attached hydrogens (tertiary/aromatic N) is 2. The van der Waals surface area contributed by atoms with Crippen molar-refractivity contribution in [2.45, 2.75) is 12.3 Å². The highest BCUT2D eigenvalue weighted by atomic mass is 19.3. The first-order valence-electron chi connectivity index (χ1n) is 5.64. The second-order valence-electron chi connectivity index (χ2n) is 4.10. The van der Waals surface area contributed by atoms with Gasteiger partial charge in [0.15, 0.2) is 0 Å². The summed E-state index contributed by atoms with van der Waals surface area (Å²) in [4.78, 5) is 4.01. The van der Waals surface area contributed by atoms with Crippen molar-refractivity contribution in [1.82, 2.24) is 4.98 Å². The van der Waals surface area contributed by atoms with Crippen LogP contribution in [0.2, 0.25) is 0 Å². The second kappa shape index (κ2) is 5.33. The standard InChI is InChI=1S/C13H9F4N3/c14-12(15)13(16,17)7-19-11-5-8(6-18)9-3-1-2-4-10(9)20-11/h1-5,12H,7H2,(H,19,20). The van der Waals surface area contributed by atoms with E-state index in [1.165, 1.54) is 6.07 Å². The number of para-hydroxylation sites is 1. The molecule has 1 aromatic carbocycles. The van der Waals surface area contributed by atoms with Gasteiger partial charge in [0.1, 0.15) is 5.82 Å². The Morgan fingerprint density at radius 2 is 2.00 bits per heavy atom. The van der Waals surface area contributed by atoms with Gasteiger partial charge in [-0.15, -0.1) is 0 Å². The number of aromatic nitrogens is 1. The number of nitrogens with one attached hydrogen (secondary N) is 1. The average Bonchev–Trinajstić information content (AvgIpc) is 2.44. The quantitative estimate of drug-likeness (QED) is 0.875. The number of rotatable bonds is 4. The molecule has 0 spiro atoms. The first-order valence-corrected chi connectivity index (χ1v) is 5.64. The van der Waals surface area contributed by atoms with Crippen molar-refractivity contribution in [2.24, 2.45) is 0 Å². The molecule has 0 saturated heterocycles. The monoisotopic (exact) mass is 283 g/mol. The molecule has 3 nitrogen and oxygen atoms in total. The zero-order valence-electron chi connectivity index (χ0n) is 10.1. The van der Waals surface area contributed by atoms with Crippen LogP contribution < -0.4 is 5.32 Å². The van der Waals surface area contributed by atoms with E-state index in [2.05, 4.69) is 10.3 Å². The SMILES string of the molecule is N#Cc1cc(NCC(F)(F)C(F)F)nc2ccccc12. The van der Waals surface area contributed by atoms with Crippen molar-refractivity contribution in [3.8, 4) is 6.07 Å². The lowest BCUT2D eigenvalue weighted by atomic mass is 10.1. The minimum Gasteiger partial charge on any atom is -0.364 e. The maximum Gasteiger partial charge on any atom is 0.324 e. The lowest BCUT2D eigenvalue weighted by molar-refractivity contribution is -0.117. The summed E-state index contributed by atoms with van der Waals surface area (Å²) >= 11 is 0. The summed E-state index contributed by atoms with van der Waals surface area (Å²) in [6, 6.07) is 9.82. The van der Waals surface area contributed by atoms with E-state index in [9.17, 15) is 17.6 Å². The third kappa shape index (κ3) is 2.79. The van der Waals surface area contributed by atoms with Crippen LogP contribution in [0.4, 0.5) is 23.4 Å². The Bertz CT molecular complexity index is 664. The van der Waals surface area contributed by atoms with Gasteiger partial charge < -0.3 is 5.32 Å². The van der Waals surface area contributed by atoms with E-state index in [4.69, 9.17) is 5.26 Å². The van der Waals surface area contributed by atoms with E-state index in [0.29, 0.717) is 10.9 Å². The minimum absolute atomic E-state index is 0.0411. The molecule has 0 amide bonds. The number of benzene rings is 1. The van der Waals surface area contributed by atoms with Crippen molar-refractivity contribution < 1.29 is 17.6 Å². The van der Waals surface area contributed by atoms with Crippen LogP contribution in [0.25, 0.3) is 10.9 Å². The molecule has 0 unspecified atom stereocenters. The summed E-state index contributed by atoms with van der Waals surface area (Å²) < 4.78 is 49.7. The van der Waals surface area contributed by atoms with Crippen LogP contribution in [0.15, 0.2) is 30.3 Å².